The fourth-order valence-corrected chi connectivity index (χ4v) is 9.17. The predicted octanol–water partition coefficient (Wildman–Crippen LogP) is 7.27. The predicted molar refractivity (Wildman–Crippen MR) is 178 cm³/mol. The lowest BCUT2D eigenvalue weighted by molar-refractivity contribution is -0.510. The Bertz CT molecular complexity index is 2040. The molecule has 234 valence electrons. The van der Waals surface area contributed by atoms with Gasteiger partial charge < -0.3 is 9.87 Å². The summed E-state index contributed by atoms with van der Waals surface area (Å²) in [6.07, 6.45) is 6.21. The summed E-state index contributed by atoms with van der Waals surface area (Å²) in [5.74, 6) is 0.805. The number of carbonyl (C=O) groups is 1. The highest BCUT2D eigenvalue weighted by Gasteiger charge is 2.64. The van der Waals surface area contributed by atoms with Crippen LogP contribution in [0.15, 0.2) is 79.3 Å². The molecule has 45 heavy (non-hydrogen) atoms. The van der Waals surface area contributed by atoms with Gasteiger partial charge in [-0.25, -0.2) is 8.42 Å². The molecule has 1 N–H and O–H groups in total. The number of benzene rings is 3. The molecule has 2 aromatic heterocycles. The SMILES string of the molecule is CC1(C)[C@H]2CC[C@]1(CS(=O)(=O)[O-])C(=O)C2.Cc1cccc(C)c1Nc1c2c3ccccc3cc[n+]2cn1-c1c(C)cccc1C. The number of nitrogens with one attached hydrogen (secondary N) is 1. The third kappa shape index (κ3) is 5.24. The van der Waals surface area contributed by atoms with Gasteiger partial charge in [0.1, 0.15) is 11.5 Å². The minimum absolute atomic E-state index is 0.0248. The number of imidazole rings is 1. The first kappa shape index (κ1) is 31.0. The van der Waals surface area contributed by atoms with Crippen molar-refractivity contribution in [3.63, 3.8) is 0 Å². The van der Waals surface area contributed by atoms with E-state index in [-0.39, 0.29) is 17.1 Å². The Hall–Kier alpha value is -4.01. The third-order valence-corrected chi connectivity index (χ3v) is 11.4. The van der Waals surface area contributed by atoms with Crippen LogP contribution in [0.2, 0.25) is 0 Å². The van der Waals surface area contributed by atoms with E-state index in [1.54, 1.807) is 0 Å². The molecule has 2 saturated carbocycles. The van der Waals surface area contributed by atoms with Gasteiger partial charge in [0.2, 0.25) is 5.52 Å². The number of aryl methyl sites for hydroxylation is 4. The number of Topliss-reactive ketones (excluding diaryl/α,β-unsaturated/α-hetero) is 1. The van der Waals surface area contributed by atoms with Crippen LogP contribution < -0.4 is 9.72 Å². The van der Waals surface area contributed by atoms with Crippen molar-refractivity contribution < 1.29 is 22.2 Å². The minimum Gasteiger partial charge on any atom is -0.748 e. The number of para-hydroxylation sites is 2. The third-order valence-electron chi connectivity index (χ3n) is 10.6. The van der Waals surface area contributed by atoms with Crippen molar-refractivity contribution in [3.05, 3.63) is 102 Å². The zero-order chi connectivity index (χ0) is 32.3. The first-order valence-corrected chi connectivity index (χ1v) is 17.1. The molecule has 0 saturated heterocycles. The maximum Gasteiger partial charge on any atom is 0.256 e. The van der Waals surface area contributed by atoms with Crippen molar-refractivity contribution in [2.24, 2.45) is 16.7 Å². The summed E-state index contributed by atoms with van der Waals surface area (Å²) < 4.78 is 37.2. The van der Waals surface area contributed by atoms with Crippen LogP contribution in [0, 0.1) is 44.4 Å². The number of hydrogen-bond donors (Lipinski definition) is 1. The van der Waals surface area contributed by atoms with E-state index in [9.17, 15) is 17.8 Å². The first-order chi connectivity index (χ1) is 21.2. The van der Waals surface area contributed by atoms with Crippen molar-refractivity contribution in [2.75, 3.05) is 11.1 Å². The number of carbonyl (C=O) groups excluding carboxylic acids is 1. The Labute approximate surface area is 265 Å². The van der Waals surface area contributed by atoms with Gasteiger partial charge in [-0.15, -0.1) is 0 Å². The zero-order valence-corrected chi connectivity index (χ0v) is 27.7. The Morgan fingerprint density at radius 2 is 1.53 bits per heavy atom. The van der Waals surface area contributed by atoms with Crippen LogP contribution in [-0.2, 0) is 14.9 Å². The number of aromatic nitrogens is 2. The second-order valence-electron chi connectivity index (χ2n) is 13.5. The normalized spacial score (nSPS) is 20.4. The number of anilines is 2. The Morgan fingerprint density at radius 1 is 0.911 bits per heavy atom. The van der Waals surface area contributed by atoms with E-state index in [1.165, 1.54) is 49.9 Å². The second kappa shape index (κ2) is 11.1. The molecule has 2 heterocycles. The lowest BCUT2D eigenvalue weighted by atomic mass is 9.70. The van der Waals surface area contributed by atoms with Crippen molar-refractivity contribution >= 4 is 43.7 Å². The monoisotopic (exact) mass is 623 g/mol. The Morgan fingerprint density at radius 3 is 2.11 bits per heavy atom. The van der Waals surface area contributed by atoms with Crippen LogP contribution in [0.5, 0.6) is 0 Å². The number of pyridine rings is 1. The van der Waals surface area contributed by atoms with Crippen LogP contribution in [0.1, 0.15) is 55.4 Å². The summed E-state index contributed by atoms with van der Waals surface area (Å²) in [5.41, 5.74) is 7.33. The van der Waals surface area contributed by atoms with E-state index in [4.69, 9.17) is 0 Å². The highest BCUT2D eigenvalue weighted by Crippen LogP contribution is 2.64. The number of ketones is 1. The molecular weight excluding hydrogens is 582 g/mol. The van der Waals surface area contributed by atoms with Gasteiger partial charge in [-0.2, -0.15) is 8.97 Å². The van der Waals surface area contributed by atoms with Crippen LogP contribution in [0.3, 0.4) is 0 Å². The van der Waals surface area contributed by atoms with Crippen molar-refractivity contribution in [3.8, 4) is 5.69 Å². The second-order valence-corrected chi connectivity index (χ2v) is 14.9. The quantitative estimate of drug-likeness (QED) is 0.164. The molecule has 0 aliphatic heterocycles. The van der Waals surface area contributed by atoms with Gasteiger partial charge in [0.25, 0.3) is 12.1 Å². The molecule has 8 heteroatoms. The summed E-state index contributed by atoms with van der Waals surface area (Å²) in [6.45, 7) is 12.5. The van der Waals surface area contributed by atoms with E-state index >= 15 is 0 Å². The molecule has 2 fully saturated rings. The molecule has 2 aliphatic rings. The minimum atomic E-state index is -4.33. The van der Waals surface area contributed by atoms with E-state index in [0.29, 0.717) is 12.8 Å². The van der Waals surface area contributed by atoms with Crippen molar-refractivity contribution in [2.45, 2.75) is 60.8 Å². The van der Waals surface area contributed by atoms with Gasteiger partial charge >= 0.3 is 0 Å². The lowest BCUT2D eigenvalue weighted by Gasteiger charge is -2.37. The highest BCUT2D eigenvalue weighted by molar-refractivity contribution is 7.85. The highest BCUT2D eigenvalue weighted by atomic mass is 32.2. The molecule has 7 rings (SSSR count). The lowest BCUT2D eigenvalue weighted by Crippen LogP contribution is -2.42. The largest absolute Gasteiger partial charge is 0.748 e. The topological polar surface area (TPSA) is 95.3 Å². The average molecular weight is 624 g/mol. The smallest absolute Gasteiger partial charge is 0.256 e. The number of fused-ring (bicyclic) bond motifs is 5. The Kier molecular flexibility index (Phi) is 7.65. The standard InChI is InChI=1S/C27H26N3.C10H16O4S/c1-18-9-7-10-19(2)24(18)28-27-26-23-14-6-5-13-22(23)15-16-29(26)17-30(27)25-20(3)11-8-12-21(25)4;1-9(2)7-3-4-10(9,8(11)5-7)6-15(12,13)14/h5-17,28H,1-4H3;7H,3-6H2,1-2H3,(H,12,13,14)/q+1;/p-1/t;7-,10-/m.0/s1. The van der Waals surface area contributed by atoms with E-state index < -0.39 is 21.3 Å². The number of rotatable bonds is 5. The maximum absolute atomic E-state index is 11.8. The fraction of sp³-hybridized carbons (Fsp3) is 0.351. The van der Waals surface area contributed by atoms with Crippen LogP contribution >= 0.6 is 0 Å². The van der Waals surface area contributed by atoms with Gasteiger partial charge in [-0.1, -0.05) is 68.4 Å². The van der Waals surface area contributed by atoms with Crippen molar-refractivity contribution in [1.82, 2.24) is 4.57 Å². The summed E-state index contributed by atoms with van der Waals surface area (Å²) >= 11 is 0. The summed E-state index contributed by atoms with van der Waals surface area (Å²) in [6, 6.07) is 23.7. The summed E-state index contributed by atoms with van der Waals surface area (Å²) in [5, 5.41) is 6.29. The number of nitrogens with zero attached hydrogens (tertiary/aromatic N) is 2. The molecule has 2 bridgehead atoms. The molecule has 5 aromatic rings. The summed E-state index contributed by atoms with van der Waals surface area (Å²) in [4.78, 5) is 11.8. The van der Waals surface area contributed by atoms with Gasteiger partial charge in [0.15, 0.2) is 0 Å². The molecule has 7 nitrogen and oxygen atoms in total. The van der Waals surface area contributed by atoms with Crippen LogP contribution in [0.25, 0.3) is 22.0 Å². The average Bonchev–Trinajstić information content (AvgIpc) is 3.51. The number of hydrogen-bond acceptors (Lipinski definition) is 5. The molecule has 0 amide bonds. The van der Waals surface area contributed by atoms with Gasteiger partial charge in [0.05, 0.1) is 22.1 Å². The zero-order valence-electron chi connectivity index (χ0n) is 26.8. The maximum atomic E-state index is 11.8. The van der Waals surface area contributed by atoms with E-state index in [2.05, 4.69) is 121 Å². The fourth-order valence-electron chi connectivity index (χ4n) is 7.89. The summed E-state index contributed by atoms with van der Waals surface area (Å²) in [7, 11) is -4.33. The molecule has 2 aliphatic carbocycles. The molecule has 0 spiro atoms. The van der Waals surface area contributed by atoms with Gasteiger partial charge in [-0.3, -0.25) is 4.79 Å². The Balaban J connectivity index is 0.000000200. The molecular formula is C37H41N3O4S. The van der Waals surface area contributed by atoms with Gasteiger partial charge in [-0.05, 0) is 91.6 Å². The molecule has 0 radical (unpaired) electrons. The van der Waals surface area contributed by atoms with E-state index in [0.717, 1.165) is 12.2 Å². The van der Waals surface area contributed by atoms with Gasteiger partial charge in [0, 0.05) is 22.9 Å². The molecule has 3 aromatic carbocycles. The van der Waals surface area contributed by atoms with Crippen LogP contribution in [-0.4, -0.2) is 29.1 Å². The van der Waals surface area contributed by atoms with Crippen LogP contribution in [0.4, 0.5) is 11.5 Å². The molecule has 2 atom stereocenters. The van der Waals surface area contributed by atoms with E-state index in [1.807, 2.05) is 13.8 Å². The molecule has 0 unspecified atom stereocenters. The first-order valence-electron chi connectivity index (χ1n) is 15.5. The van der Waals surface area contributed by atoms with Crippen molar-refractivity contribution in [1.29, 1.82) is 0 Å².